The zero-order valence-electron chi connectivity index (χ0n) is 18.7. The highest BCUT2D eigenvalue weighted by atomic mass is 32.1. The summed E-state index contributed by atoms with van der Waals surface area (Å²) in [6.45, 7) is 2.08. The fraction of sp³-hybridized carbons (Fsp3) is 0.148. The third-order valence-corrected chi connectivity index (χ3v) is 7.00. The van der Waals surface area contributed by atoms with Gasteiger partial charge in [-0.15, -0.1) is 0 Å². The van der Waals surface area contributed by atoms with Crippen LogP contribution in [0.3, 0.4) is 0 Å². The number of aliphatic hydroxyl groups excluding tert-OH is 1. The van der Waals surface area contributed by atoms with Gasteiger partial charge in [0.15, 0.2) is 5.13 Å². The van der Waals surface area contributed by atoms with E-state index in [4.69, 9.17) is 4.74 Å². The van der Waals surface area contributed by atoms with E-state index in [0.29, 0.717) is 22.0 Å². The molecular formula is C27H22N2O4S. The number of Topliss-reactive ketones (excluding diaryl/α,β-unsaturated/α-hetero) is 1. The van der Waals surface area contributed by atoms with Crippen LogP contribution in [0.2, 0.25) is 0 Å². The normalized spacial score (nSPS) is 17.5. The Morgan fingerprint density at radius 2 is 1.79 bits per heavy atom. The molecular weight excluding hydrogens is 448 g/mol. The largest absolute Gasteiger partial charge is 0.507 e. The first kappa shape index (κ1) is 21.9. The Bertz CT molecular complexity index is 1420. The standard InChI is InChI=1S/C27H22N2O4S/c1-3-16-9-14-20-21(15-16)34-27(28-20)29-23(17-10-12-19(33-2)13-11-17)22(25(31)26(29)32)24(30)18-7-5-4-6-8-18/h4-15,23,30H,3H2,1-2H3/b24-22+/t23-/m1/s1. The van der Waals surface area contributed by atoms with Crippen LogP contribution in [0.4, 0.5) is 5.13 Å². The molecule has 1 aliphatic heterocycles. The Morgan fingerprint density at radius 1 is 1.06 bits per heavy atom. The number of amides is 1. The number of ketones is 1. The van der Waals surface area contributed by atoms with Gasteiger partial charge >= 0.3 is 5.91 Å². The van der Waals surface area contributed by atoms with Gasteiger partial charge in [-0.05, 0) is 41.8 Å². The first-order valence-electron chi connectivity index (χ1n) is 10.9. The second kappa shape index (κ2) is 8.76. The number of fused-ring (bicyclic) bond motifs is 1. The molecule has 6 nitrogen and oxygen atoms in total. The Morgan fingerprint density at radius 3 is 2.47 bits per heavy atom. The maximum absolute atomic E-state index is 13.3. The van der Waals surface area contributed by atoms with Crippen LogP contribution < -0.4 is 9.64 Å². The molecule has 0 radical (unpaired) electrons. The Hall–Kier alpha value is -3.97. The van der Waals surface area contributed by atoms with Crippen LogP contribution in [0.15, 0.2) is 78.4 Å². The van der Waals surface area contributed by atoms with Crippen molar-refractivity contribution in [3.63, 3.8) is 0 Å². The third-order valence-electron chi connectivity index (χ3n) is 5.98. The van der Waals surface area contributed by atoms with Crippen LogP contribution in [-0.2, 0) is 16.0 Å². The topological polar surface area (TPSA) is 79.7 Å². The molecule has 4 aromatic rings. The number of methoxy groups -OCH3 is 1. The summed E-state index contributed by atoms with van der Waals surface area (Å²) in [5, 5.41) is 11.6. The fourth-order valence-corrected chi connectivity index (χ4v) is 5.22. The molecule has 1 aliphatic rings. The van der Waals surface area contributed by atoms with E-state index in [9.17, 15) is 14.7 Å². The summed E-state index contributed by atoms with van der Waals surface area (Å²) in [6.07, 6.45) is 0.886. The second-order valence-electron chi connectivity index (χ2n) is 7.96. The Labute approximate surface area is 200 Å². The average molecular weight is 471 g/mol. The number of ether oxygens (including phenoxy) is 1. The van der Waals surface area contributed by atoms with Crippen molar-refractivity contribution in [2.45, 2.75) is 19.4 Å². The van der Waals surface area contributed by atoms with Gasteiger partial charge in [-0.1, -0.05) is 66.8 Å². The summed E-state index contributed by atoms with van der Waals surface area (Å²) in [4.78, 5) is 32.7. The van der Waals surface area contributed by atoms with Crippen LogP contribution >= 0.6 is 11.3 Å². The summed E-state index contributed by atoms with van der Waals surface area (Å²) in [6, 6.07) is 21.1. The molecule has 0 bridgehead atoms. The number of hydrogen-bond donors (Lipinski definition) is 1. The summed E-state index contributed by atoms with van der Waals surface area (Å²) >= 11 is 1.36. The lowest BCUT2D eigenvalue weighted by atomic mass is 9.95. The molecule has 1 atom stereocenters. The monoisotopic (exact) mass is 470 g/mol. The highest BCUT2D eigenvalue weighted by Crippen LogP contribution is 2.44. The van der Waals surface area contributed by atoms with Crippen molar-refractivity contribution in [1.29, 1.82) is 0 Å². The van der Waals surface area contributed by atoms with Gasteiger partial charge in [0.25, 0.3) is 5.78 Å². The van der Waals surface area contributed by atoms with Gasteiger partial charge in [0.2, 0.25) is 0 Å². The highest BCUT2D eigenvalue weighted by molar-refractivity contribution is 7.22. The highest BCUT2D eigenvalue weighted by Gasteiger charge is 2.48. The molecule has 0 unspecified atom stereocenters. The summed E-state index contributed by atoms with van der Waals surface area (Å²) in [5.41, 5.74) is 3.10. The van der Waals surface area contributed by atoms with Crippen molar-refractivity contribution in [3.05, 3.63) is 95.1 Å². The van der Waals surface area contributed by atoms with E-state index in [2.05, 4.69) is 18.0 Å². The predicted molar refractivity (Wildman–Crippen MR) is 133 cm³/mol. The minimum atomic E-state index is -0.822. The number of aliphatic hydroxyl groups is 1. The lowest BCUT2D eigenvalue weighted by Crippen LogP contribution is -2.29. The zero-order valence-corrected chi connectivity index (χ0v) is 19.5. The summed E-state index contributed by atoms with van der Waals surface area (Å²) in [5.74, 6) is -1.02. The molecule has 1 saturated heterocycles. The number of benzene rings is 3. The molecule has 5 rings (SSSR count). The van der Waals surface area contributed by atoms with E-state index in [0.717, 1.165) is 16.6 Å². The number of hydrogen-bond acceptors (Lipinski definition) is 6. The minimum absolute atomic E-state index is 0.0369. The number of nitrogens with zero attached hydrogens (tertiary/aromatic N) is 2. The van der Waals surface area contributed by atoms with E-state index in [1.807, 2.05) is 18.2 Å². The van der Waals surface area contributed by atoms with E-state index in [1.54, 1.807) is 55.6 Å². The first-order chi connectivity index (χ1) is 16.5. The van der Waals surface area contributed by atoms with Gasteiger partial charge in [-0.3, -0.25) is 14.5 Å². The van der Waals surface area contributed by atoms with Crippen molar-refractivity contribution in [1.82, 2.24) is 4.98 Å². The van der Waals surface area contributed by atoms with Crippen molar-refractivity contribution < 1.29 is 19.4 Å². The zero-order chi connectivity index (χ0) is 23.8. The van der Waals surface area contributed by atoms with Crippen molar-refractivity contribution >= 4 is 44.1 Å². The molecule has 34 heavy (non-hydrogen) atoms. The summed E-state index contributed by atoms with van der Waals surface area (Å²) < 4.78 is 6.21. The smallest absolute Gasteiger partial charge is 0.301 e. The van der Waals surface area contributed by atoms with Crippen LogP contribution in [0, 0.1) is 0 Å². The quantitative estimate of drug-likeness (QED) is 0.237. The lowest BCUT2D eigenvalue weighted by Gasteiger charge is -2.23. The molecule has 0 aliphatic carbocycles. The maximum atomic E-state index is 13.3. The van der Waals surface area contributed by atoms with Gasteiger partial charge in [-0.2, -0.15) is 0 Å². The van der Waals surface area contributed by atoms with Gasteiger partial charge in [0, 0.05) is 5.56 Å². The molecule has 1 N–H and O–H groups in total. The average Bonchev–Trinajstić information content (AvgIpc) is 3.41. The van der Waals surface area contributed by atoms with Crippen LogP contribution in [0.25, 0.3) is 16.0 Å². The lowest BCUT2D eigenvalue weighted by molar-refractivity contribution is -0.132. The van der Waals surface area contributed by atoms with Gasteiger partial charge in [0.1, 0.15) is 11.5 Å². The first-order valence-corrected chi connectivity index (χ1v) is 11.7. The molecule has 0 saturated carbocycles. The van der Waals surface area contributed by atoms with E-state index < -0.39 is 17.7 Å². The molecule has 1 aromatic heterocycles. The minimum Gasteiger partial charge on any atom is -0.507 e. The molecule has 2 heterocycles. The Balaban J connectivity index is 1.71. The summed E-state index contributed by atoms with van der Waals surface area (Å²) in [7, 11) is 1.57. The number of aromatic nitrogens is 1. The van der Waals surface area contributed by atoms with Gasteiger partial charge in [0.05, 0.1) is 28.9 Å². The second-order valence-corrected chi connectivity index (χ2v) is 8.97. The molecule has 1 fully saturated rings. The van der Waals surface area contributed by atoms with Crippen LogP contribution in [0.5, 0.6) is 5.75 Å². The number of aryl methyl sites for hydroxylation is 1. The number of carbonyl (C=O) groups excluding carboxylic acids is 2. The fourth-order valence-electron chi connectivity index (χ4n) is 4.16. The SMILES string of the molecule is CCc1ccc2nc(N3C(=O)C(=O)/C(=C(/O)c4ccccc4)[C@H]3c3ccc(OC)cc3)sc2c1. The Kier molecular flexibility index (Phi) is 5.63. The van der Waals surface area contributed by atoms with Crippen LogP contribution in [0.1, 0.15) is 29.7 Å². The van der Waals surface area contributed by atoms with Gasteiger partial charge < -0.3 is 9.84 Å². The molecule has 1 amide bonds. The number of thiazole rings is 1. The molecule has 3 aromatic carbocycles. The number of rotatable bonds is 5. The van der Waals surface area contributed by atoms with Gasteiger partial charge in [-0.25, -0.2) is 4.98 Å². The van der Waals surface area contributed by atoms with E-state index in [-0.39, 0.29) is 11.3 Å². The maximum Gasteiger partial charge on any atom is 0.301 e. The predicted octanol–water partition coefficient (Wildman–Crippen LogP) is 5.49. The number of anilines is 1. The van der Waals surface area contributed by atoms with Crippen molar-refractivity contribution in [2.24, 2.45) is 0 Å². The molecule has 7 heteroatoms. The van der Waals surface area contributed by atoms with Crippen molar-refractivity contribution in [3.8, 4) is 5.75 Å². The van der Waals surface area contributed by atoms with E-state index in [1.165, 1.54) is 21.8 Å². The molecule has 170 valence electrons. The van der Waals surface area contributed by atoms with Crippen LogP contribution in [-0.4, -0.2) is 28.9 Å². The number of carbonyl (C=O) groups is 2. The molecule has 0 spiro atoms. The third kappa shape index (κ3) is 3.64. The van der Waals surface area contributed by atoms with Crippen molar-refractivity contribution in [2.75, 3.05) is 12.0 Å². The van der Waals surface area contributed by atoms with E-state index >= 15 is 0 Å².